The van der Waals surface area contributed by atoms with E-state index in [4.69, 9.17) is 4.74 Å². The molecule has 2 N–H and O–H groups in total. The van der Waals surface area contributed by atoms with Crippen LogP contribution in [0.25, 0.3) is 33.8 Å². The summed E-state index contributed by atoms with van der Waals surface area (Å²) in [5.74, 6) is 1.68. The van der Waals surface area contributed by atoms with E-state index in [1.54, 1.807) is 0 Å². The Morgan fingerprint density at radius 2 is 1.88 bits per heavy atom. The van der Waals surface area contributed by atoms with Crippen molar-refractivity contribution in [3.8, 4) is 39.5 Å². The Morgan fingerprint density at radius 3 is 2.59 bits per heavy atom. The van der Waals surface area contributed by atoms with Crippen LogP contribution in [-0.2, 0) is 6.54 Å². The van der Waals surface area contributed by atoms with E-state index in [0.717, 1.165) is 41.1 Å². The lowest BCUT2D eigenvalue weighted by Crippen LogP contribution is -2.12. The number of benzene rings is 1. The predicted octanol–water partition coefficient (Wildman–Crippen LogP) is 5.31. The topological polar surface area (TPSA) is 101 Å². The van der Waals surface area contributed by atoms with Gasteiger partial charge in [0.25, 0.3) is 5.56 Å². The van der Waals surface area contributed by atoms with E-state index >= 15 is 0 Å². The number of unbranched alkanes of at least 4 members (excludes halogenated alkanes) is 3. The Labute approximate surface area is 199 Å². The van der Waals surface area contributed by atoms with Crippen LogP contribution in [0.15, 0.2) is 53.6 Å². The smallest absolute Gasteiger partial charge is 0.260 e. The summed E-state index contributed by atoms with van der Waals surface area (Å²) in [5.41, 5.74) is 3.51. The highest BCUT2D eigenvalue weighted by Crippen LogP contribution is 2.31. The third-order valence-corrected chi connectivity index (χ3v) is 5.68. The highest BCUT2D eigenvalue weighted by atomic mass is 16.5. The number of aromatic nitrogens is 6. The van der Waals surface area contributed by atoms with Crippen LogP contribution in [0.5, 0.6) is 5.75 Å². The molecule has 0 atom stereocenters. The van der Waals surface area contributed by atoms with E-state index in [1.807, 2.05) is 42.6 Å². The summed E-state index contributed by atoms with van der Waals surface area (Å²) in [7, 11) is 0. The number of hydrogen-bond donors (Lipinski definition) is 2. The number of aromatic amines is 2. The Hall–Kier alpha value is -3.68. The highest BCUT2D eigenvalue weighted by Gasteiger charge is 2.18. The van der Waals surface area contributed by atoms with E-state index < -0.39 is 0 Å². The number of H-pyrrole nitrogens is 2. The number of hydrogen-bond acceptors (Lipinski definition) is 5. The van der Waals surface area contributed by atoms with Crippen LogP contribution in [-0.4, -0.2) is 36.8 Å². The zero-order chi connectivity index (χ0) is 23.9. The molecule has 0 aliphatic heterocycles. The molecular formula is C26H32N6O2. The first-order valence-electron chi connectivity index (χ1n) is 12.0. The van der Waals surface area contributed by atoms with Crippen molar-refractivity contribution in [1.82, 2.24) is 30.2 Å². The Bertz CT molecular complexity index is 1240. The van der Waals surface area contributed by atoms with Crippen molar-refractivity contribution >= 4 is 0 Å². The van der Waals surface area contributed by atoms with E-state index in [9.17, 15) is 4.79 Å². The second-order valence-electron chi connectivity index (χ2n) is 8.97. The van der Waals surface area contributed by atoms with Gasteiger partial charge in [-0.3, -0.25) is 4.79 Å². The summed E-state index contributed by atoms with van der Waals surface area (Å²) in [6.45, 7) is 8.17. The lowest BCUT2D eigenvalue weighted by molar-refractivity contribution is 0.305. The Balaban J connectivity index is 1.64. The maximum absolute atomic E-state index is 13.2. The summed E-state index contributed by atoms with van der Waals surface area (Å²) in [5, 5.41) is 14.0. The fourth-order valence-electron chi connectivity index (χ4n) is 4.03. The number of nitrogens with one attached hydrogen (secondary N) is 2. The quantitative estimate of drug-likeness (QED) is 0.296. The second kappa shape index (κ2) is 11.0. The standard InChI is InChI=1S/C26H32N6O2/c1-4-5-6-7-14-34-21-10-8-19(9-11-21)23-15-22(20-12-13-32(17-20)16-18(2)3)24(26(33)27-23)25-28-30-31-29-25/h8-13,15,17-18H,4-7,14,16H2,1-3H3,(H,27,33)(H,28,29,30,31). The number of rotatable bonds is 11. The minimum atomic E-state index is -0.251. The van der Waals surface area contributed by atoms with E-state index in [-0.39, 0.29) is 5.56 Å². The number of ether oxygens (including phenoxy) is 1. The van der Waals surface area contributed by atoms with Gasteiger partial charge in [0, 0.05) is 35.8 Å². The van der Waals surface area contributed by atoms with Gasteiger partial charge in [0.2, 0.25) is 0 Å². The molecule has 34 heavy (non-hydrogen) atoms. The van der Waals surface area contributed by atoms with Gasteiger partial charge >= 0.3 is 0 Å². The average molecular weight is 461 g/mol. The number of tetrazole rings is 1. The molecule has 3 aromatic heterocycles. The summed E-state index contributed by atoms with van der Waals surface area (Å²) >= 11 is 0. The Kier molecular flexibility index (Phi) is 7.57. The molecule has 0 unspecified atom stereocenters. The van der Waals surface area contributed by atoms with Gasteiger partial charge < -0.3 is 14.3 Å². The molecule has 8 nitrogen and oxygen atoms in total. The molecule has 0 aliphatic rings. The van der Waals surface area contributed by atoms with Crippen molar-refractivity contribution in [1.29, 1.82) is 0 Å². The van der Waals surface area contributed by atoms with E-state index in [1.165, 1.54) is 19.3 Å². The number of nitrogens with zero attached hydrogens (tertiary/aromatic N) is 4. The molecule has 0 aliphatic carbocycles. The largest absolute Gasteiger partial charge is 0.494 e. The fraction of sp³-hybridized carbons (Fsp3) is 0.385. The number of pyridine rings is 1. The van der Waals surface area contributed by atoms with Crippen LogP contribution in [0.4, 0.5) is 0 Å². The fourth-order valence-corrected chi connectivity index (χ4v) is 4.03. The predicted molar refractivity (Wildman–Crippen MR) is 134 cm³/mol. The molecule has 0 saturated carbocycles. The lowest BCUT2D eigenvalue weighted by atomic mass is 10.00. The van der Waals surface area contributed by atoms with Crippen LogP contribution < -0.4 is 10.3 Å². The zero-order valence-electron chi connectivity index (χ0n) is 20.0. The lowest BCUT2D eigenvalue weighted by Gasteiger charge is -2.11. The molecule has 4 aromatic rings. The van der Waals surface area contributed by atoms with Gasteiger partial charge in [-0.15, -0.1) is 5.10 Å². The van der Waals surface area contributed by atoms with Crippen molar-refractivity contribution in [3.63, 3.8) is 0 Å². The molecule has 8 heteroatoms. The first-order valence-corrected chi connectivity index (χ1v) is 12.0. The van der Waals surface area contributed by atoms with Gasteiger partial charge in [-0.05, 0) is 64.7 Å². The van der Waals surface area contributed by atoms with Crippen molar-refractivity contribution in [2.45, 2.75) is 53.0 Å². The van der Waals surface area contributed by atoms with Gasteiger partial charge in [0.1, 0.15) is 5.75 Å². The van der Waals surface area contributed by atoms with Gasteiger partial charge in [-0.2, -0.15) is 0 Å². The summed E-state index contributed by atoms with van der Waals surface area (Å²) < 4.78 is 8.00. The minimum Gasteiger partial charge on any atom is -0.494 e. The van der Waals surface area contributed by atoms with Crippen LogP contribution in [0.1, 0.15) is 46.5 Å². The average Bonchev–Trinajstić information content (AvgIpc) is 3.51. The van der Waals surface area contributed by atoms with Crippen molar-refractivity contribution in [2.75, 3.05) is 6.61 Å². The summed E-state index contributed by atoms with van der Waals surface area (Å²) in [4.78, 5) is 16.2. The Morgan fingerprint density at radius 1 is 1.06 bits per heavy atom. The molecule has 0 radical (unpaired) electrons. The maximum atomic E-state index is 13.2. The molecular weight excluding hydrogens is 428 g/mol. The van der Waals surface area contributed by atoms with Crippen molar-refractivity contribution in [2.24, 2.45) is 5.92 Å². The molecule has 1 aromatic carbocycles. The van der Waals surface area contributed by atoms with Gasteiger partial charge in [0.05, 0.1) is 12.2 Å². The van der Waals surface area contributed by atoms with E-state index in [2.05, 4.69) is 57.1 Å². The zero-order valence-corrected chi connectivity index (χ0v) is 20.0. The maximum Gasteiger partial charge on any atom is 0.260 e. The monoisotopic (exact) mass is 460 g/mol. The van der Waals surface area contributed by atoms with Crippen molar-refractivity contribution in [3.05, 3.63) is 59.1 Å². The van der Waals surface area contributed by atoms with Crippen molar-refractivity contribution < 1.29 is 4.74 Å². The molecule has 0 bridgehead atoms. The minimum absolute atomic E-state index is 0.251. The van der Waals surface area contributed by atoms with E-state index in [0.29, 0.717) is 23.9 Å². The third kappa shape index (κ3) is 5.62. The first-order chi connectivity index (χ1) is 16.5. The SMILES string of the molecule is CCCCCCOc1ccc(-c2cc(-c3ccn(CC(C)C)c3)c(-c3nnn[nH]3)c(=O)[nH]2)cc1. The van der Waals surface area contributed by atoms with Crippen LogP contribution in [0.2, 0.25) is 0 Å². The van der Waals surface area contributed by atoms with Gasteiger partial charge in [-0.1, -0.05) is 40.0 Å². The summed E-state index contributed by atoms with van der Waals surface area (Å²) in [6, 6.07) is 11.8. The molecule has 0 amide bonds. The molecule has 0 saturated heterocycles. The highest BCUT2D eigenvalue weighted by molar-refractivity contribution is 5.82. The second-order valence-corrected chi connectivity index (χ2v) is 8.97. The molecule has 0 fully saturated rings. The normalized spacial score (nSPS) is 11.3. The van der Waals surface area contributed by atoms with Gasteiger partial charge in [0.15, 0.2) is 5.82 Å². The van der Waals surface area contributed by atoms with Crippen LogP contribution >= 0.6 is 0 Å². The van der Waals surface area contributed by atoms with Gasteiger partial charge in [-0.25, -0.2) is 5.10 Å². The molecule has 0 spiro atoms. The molecule has 178 valence electrons. The van der Waals surface area contributed by atoms with Crippen LogP contribution in [0.3, 0.4) is 0 Å². The third-order valence-electron chi connectivity index (χ3n) is 5.68. The molecule has 4 rings (SSSR count). The first kappa shape index (κ1) is 23.5. The molecule has 3 heterocycles. The summed E-state index contributed by atoms with van der Waals surface area (Å²) in [6.07, 6.45) is 8.78. The van der Waals surface area contributed by atoms with Crippen LogP contribution in [0, 0.1) is 5.92 Å².